The maximum absolute atomic E-state index is 5.76. The van der Waals surface area contributed by atoms with Crippen molar-refractivity contribution in [3.05, 3.63) is 17.8 Å². The Bertz CT molecular complexity index is 445. The molecule has 0 fully saturated rings. The Morgan fingerprint density at radius 3 is 3.00 bits per heavy atom. The molecule has 0 radical (unpaired) electrons. The summed E-state index contributed by atoms with van der Waals surface area (Å²) in [5.41, 5.74) is 13.4. The Morgan fingerprint density at radius 2 is 2.31 bits per heavy atom. The van der Waals surface area contributed by atoms with Crippen LogP contribution >= 0.6 is 0 Å². The van der Waals surface area contributed by atoms with Gasteiger partial charge in [-0.25, -0.2) is 4.98 Å². The number of anilines is 2. The Hall–Kier alpha value is -1.78. The van der Waals surface area contributed by atoms with E-state index in [1.807, 2.05) is 6.07 Å². The molecule has 2 aromatic heterocycles. The Morgan fingerprint density at radius 1 is 1.54 bits per heavy atom. The summed E-state index contributed by atoms with van der Waals surface area (Å²) in [6.07, 6.45) is 2.63. The lowest BCUT2D eigenvalue weighted by molar-refractivity contribution is -0.564. The predicted molar refractivity (Wildman–Crippen MR) is 50.0 cm³/mol. The van der Waals surface area contributed by atoms with Crippen LogP contribution in [-0.4, -0.2) is 10.1 Å². The van der Waals surface area contributed by atoms with Gasteiger partial charge in [-0.3, -0.25) is 5.73 Å². The molecule has 0 amide bonds. The lowest BCUT2D eigenvalue weighted by Crippen LogP contribution is -2.28. The van der Waals surface area contributed by atoms with Gasteiger partial charge in [0, 0.05) is 5.56 Å². The van der Waals surface area contributed by atoms with Crippen molar-refractivity contribution in [2.24, 2.45) is 0 Å². The number of hydrogen-bond donors (Lipinski definition) is 3. The molecular formula is C8H12N5+. The van der Waals surface area contributed by atoms with E-state index in [0.29, 0.717) is 11.8 Å². The SMILES string of the molecule is CCc1ccn[n+]2c(N)[nH]c(N)c12. The molecule has 0 aliphatic rings. The van der Waals surface area contributed by atoms with E-state index >= 15 is 0 Å². The molecule has 0 saturated heterocycles. The smallest absolute Gasteiger partial charge is 0.370 e. The number of nitrogens with zero attached hydrogens (tertiary/aromatic N) is 2. The summed E-state index contributed by atoms with van der Waals surface area (Å²) in [6, 6.07) is 1.94. The Balaban J connectivity index is 2.88. The number of imidazole rings is 1. The molecule has 2 heterocycles. The van der Waals surface area contributed by atoms with E-state index < -0.39 is 0 Å². The number of aromatic nitrogens is 3. The molecule has 2 rings (SSSR count). The second kappa shape index (κ2) is 2.62. The third kappa shape index (κ3) is 1.00. The molecule has 0 aliphatic heterocycles. The van der Waals surface area contributed by atoms with Gasteiger partial charge in [-0.2, -0.15) is 0 Å². The van der Waals surface area contributed by atoms with Crippen LogP contribution in [0.3, 0.4) is 0 Å². The topological polar surface area (TPSA) is 84.8 Å². The van der Waals surface area contributed by atoms with Gasteiger partial charge in [0.1, 0.15) is 0 Å². The molecule has 13 heavy (non-hydrogen) atoms. The molecule has 0 bridgehead atoms. The Labute approximate surface area is 75.4 Å². The van der Waals surface area contributed by atoms with Crippen molar-refractivity contribution < 1.29 is 4.52 Å². The minimum absolute atomic E-state index is 0.461. The predicted octanol–water partition coefficient (Wildman–Crippen LogP) is -0.125. The number of fused-ring (bicyclic) bond motifs is 1. The number of rotatable bonds is 1. The van der Waals surface area contributed by atoms with Gasteiger partial charge >= 0.3 is 5.95 Å². The standard InChI is InChI=1S/C8H11N5/c1-2-5-3-4-11-13-6(5)7(9)12-8(13)10/h3-4H,2H2,1H3,(H4,9,10,11,12)/p+1. The van der Waals surface area contributed by atoms with Gasteiger partial charge in [0.2, 0.25) is 5.82 Å². The third-order valence-electron chi connectivity index (χ3n) is 2.10. The number of aromatic amines is 1. The van der Waals surface area contributed by atoms with E-state index in [1.165, 1.54) is 0 Å². The summed E-state index contributed by atoms with van der Waals surface area (Å²) >= 11 is 0. The van der Waals surface area contributed by atoms with E-state index in [0.717, 1.165) is 17.5 Å². The molecule has 0 saturated carbocycles. The molecule has 0 aliphatic carbocycles. The molecule has 2 aromatic rings. The van der Waals surface area contributed by atoms with E-state index in [2.05, 4.69) is 17.0 Å². The molecular weight excluding hydrogens is 166 g/mol. The lowest BCUT2D eigenvalue weighted by Gasteiger charge is -1.95. The van der Waals surface area contributed by atoms with Crippen LogP contribution < -0.4 is 16.0 Å². The highest BCUT2D eigenvalue weighted by atomic mass is 15.3. The maximum atomic E-state index is 5.76. The number of nitrogens with one attached hydrogen (secondary N) is 1. The van der Waals surface area contributed by atoms with Gasteiger partial charge in [-0.15, -0.1) is 9.61 Å². The van der Waals surface area contributed by atoms with Gasteiger partial charge < -0.3 is 5.73 Å². The fraction of sp³-hybridized carbons (Fsp3) is 0.250. The first-order valence-corrected chi connectivity index (χ1v) is 4.17. The largest absolute Gasteiger partial charge is 0.379 e. The highest BCUT2D eigenvalue weighted by Crippen LogP contribution is 2.13. The van der Waals surface area contributed by atoms with Gasteiger partial charge in [-0.05, 0) is 12.5 Å². The van der Waals surface area contributed by atoms with Crippen LogP contribution in [0.1, 0.15) is 12.5 Å². The molecule has 0 spiro atoms. The summed E-state index contributed by atoms with van der Waals surface area (Å²) in [7, 11) is 0. The first-order valence-electron chi connectivity index (χ1n) is 4.17. The summed E-state index contributed by atoms with van der Waals surface area (Å²) in [5, 5.41) is 4.09. The molecule has 5 heteroatoms. The Kier molecular flexibility index (Phi) is 1.58. The second-order valence-electron chi connectivity index (χ2n) is 2.89. The number of nitrogens with two attached hydrogens (primary N) is 2. The highest BCUT2D eigenvalue weighted by Gasteiger charge is 2.15. The number of aryl methyl sites for hydroxylation is 1. The number of H-pyrrole nitrogens is 1. The summed E-state index contributed by atoms with van der Waals surface area (Å²) in [5.74, 6) is 1.03. The van der Waals surface area contributed by atoms with Crippen LogP contribution in [0.2, 0.25) is 0 Å². The van der Waals surface area contributed by atoms with Crippen LogP contribution in [0.5, 0.6) is 0 Å². The van der Waals surface area contributed by atoms with Crippen molar-refractivity contribution in [2.75, 3.05) is 11.5 Å². The van der Waals surface area contributed by atoms with Gasteiger partial charge in [-0.1, -0.05) is 6.92 Å². The van der Waals surface area contributed by atoms with Crippen molar-refractivity contribution in [3.8, 4) is 0 Å². The molecule has 5 N–H and O–H groups in total. The molecule has 68 valence electrons. The van der Waals surface area contributed by atoms with Crippen LogP contribution in [-0.2, 0) is 6.42 Å². The normalized spacial score (nSPS) is 10.8. The minimum atomic E-state index is 0.461. The van der Waals surface area contributed by atoms with Crippen molar-refractivity contribution >= 4 is 17.3 Å². The minimum Gasteiger partial charge on any atom is -0.370 e. The van der Waals surface area contributed by atoms with Crippen molar-refractivity contribution in [1.29, 1.82) is 0 Å². The van der Waals surface area contributed by atoms with E-state index in [9.17, 15) is 0 Å². The fourth-order valence-electron chi connectivity index (χ4n) is 1.47. The highest BCUT2D eigenvalue weighted by molar-refractivity contribution is 5.66. The molecule has 5 nitrogen and oxygen atoms in total. The maximum Gasteiger partial charge on any atom is 0.379 e. The average molecular weight is 178 g/mol. The molecule has 0 atom stereocenters. The monoisotopic (exact) mass is 178 g/mol. The number of nitrogen functional groups attached to an aromatic ring is 2. The summed E-state index contributed by atoms with van der Waals surface area (Å²) < 4.78 is 1.62. The molecule has 0 aromatic carbocycles. The lowest BCUT2D eigenvalue weighted by atomic mass is 10.2. The van der Waals surface area contributed by atoms with Crippen molar-refractivity contribution in [3.63, 3.8) is 0 Å². The van der Waals surface area contributed by atoms with E-state index in [-0.39, 0.29) is 0 Å². The van der Waals surface area contributed by atoms with Gasteiger partial charge in [0.25, 0.3) is 0 Å². The zero-order valence-corrected chi connectivity index (χ0v) is 7.41. The summed E-state index contributed by atoms with van der Waals surface area (Å²) in [6.45, 7) is 2.07. The van der Waals surface area contributed by atoms with Crippen molar-refractivity contribution in [2.45, 2.75) is 13.3 Å². The van der Waals surface area contributed by atoms with Crippen LogP contribution in [0.25, 0.3) is 5.52 Å². The quantitative estimate of drug-likeness (QED) is 0.532. The first-order chi connectivity index (χ1) is 6.24. The fourth-order valence-corrected chi connectivity index (χ4v) is 1.47. The first kappa shape index (κ1) is 7.85. The van der Waals surface area contributed by atoms with Gasteiger partial charge in [0.05, 0.1) is 6.20 Å². The average Bonchev–Trinajstić information content (AvgIpc) is 2.43. The summed E-state index contributed by atoms with van der Waals surface area (Å²) in [4.78, 5) is 2.85. The number of hydrogen-bond acceptors (Lipinski definition) is 3. The van der Waals surface area contributed by atoms with E-state index in [1.54, 1.807) is 10.7 Å². The van der Waals surface area contributed by atoms with Crippen LogP contribution in [0, 0.1) is 0 Å². The zero-order valence-electron chi connectivity index (χ0n) is 7.41. The third-order valence-corrected chi connectivity index (χ3v) is 2.10. The second-order valence-corrected chi connectivity index (χ2v) is 2.89. The van der Waals surface area contributed by atoms with E-state index in [4.69, 9.17) is 11.5 Å². The van der Waals surface area contributed by atoms with Gasteiger partial charge in [0.15, 0.2) is 5.52 Å². The zero-order chi connectivity index (χ0) is 9.42. The van der Waals surface area contributed by atoms with Crippen molar-refractivity contribution in [1.82, 2.24) is 10.1 Å². The van der Waals surface area contributed by atoms with Crippen LogP contribution in [0.15, 0.2) is 12.3 Å². The molecule has 0 unspecified atom stereocenters. The van der Waals surface area contributed by atoms with Crippen LogP contribution in [0.4, 0.5) is 11.8 Å².